The first kappa shape index (κ1) is 18.6. The molecule has 2 aromatic carbocycles. The molecule has 0 bridgehead atoms. The Morgan fingerprint density at radius 1 is 1.00 bits per heavy atom. The zero-order valence-corrected chi connectivity index (χ0v) is 14.9. The SMILES string of the molecule is C=C(C)CN(CC)C(=O)COc1ccc(OCc2ccccc2)cc1. The van der Waals surface area contributed by atoms with Crippen LogP contribution in [0.1, 0.15) is 19.4 Å². The highest BCUT2D eigenvalue weighted by Crippen LogP contribution is 2.18. The van der Waals surface area contributed by atoms with Crippen LogP contribution in [0.15, 0.2) is 66.7 Å². The molecule has 1 amide bonds. The Balaban J connectivity index is 1.81. The lowest BCUT2D eigenvalue weighted by Crippen LogP contribution is -2.35. The molecule has 0 aliphatic heterocycles. The smallest absolute Gasteiger partial charge is 0.260 e. The molecule has 0 unspecified atom stereocenters. The fourth-order valence-electron chi connectivity index (χ4n) is 2.31. The molecule has 0 saturated heterocycles. The van der Waals surface area contributed by atoms with Gasteiger partial charge >= 0.3 is 0 Å². The van der Waals surface area contributed by atoms with Crippen LogP contribution in [0.5, 0.6) is 11.5 Å². The van der Waals surface area contributed by atoms with E-state index in [1.165, 1.54) is 0 Å². The fourth-order valence-corrected chi connectivity index (χ4v) is 2.31. The van der Waals surface area contributed by atoms with Crippen molar-refractivity contribution in [2.75, 3.05) is 19.7 Å². The van der Waals surface area contributed by atoms with Gasteiger partial charge in [-0.25, -0.2) is 0 Å². The number of amides is 1. The molecular formula is C21H25NO3. The van der Waals surface area contributed by atoms with Crippen LogP contribution >= 0.6 is 0 Å². The van der Waals surface area contributed by atoms with E-state index in [2.05, 4.69) is 6.58 Å². The van der Waals surface area contributed by atoms with E-state index in [0.717, 1.165) is 16.9 Å². The summed E-state index contributed by atoms with van der Waals surface area (Å²) < 4.78 is 11.3. The molecule has 0 radical (unpaired) electrons. The third-order valence-electron chi connectivity index (χ3n) is 3.63. The molecule has 25 heavy (non-hydrogen) atoms. The van der Waals surface area contributed by atoms with Crippen molar-refractivity contribution >= 4 is 5.91 Å². The maximum absolute atomic E-state index is 12.1. The van der Waals surface area contributed by atoms with Crippen LogP contribution in [0, 0.1) is 0 Å². The Labute approximate surface area is 149 Å². The van der Waals surface area contributed by atoms with Crippen molar-refractivity contribution in [3.05, 3.63) is 72.3 Å². The second-order valence-electron chi connectivity index (χ2n) is 5.90. The molecule has 0 aliphatic rings. The Kier molecular flexibility index (Phi) is 7.08. The Morgan fingerprint density at radius 2 is 1.60 bits per heavy atom. The Morgan fingerprint density at radius 3 is 2.16 bits per heavy atom. The van der Waals surface area contributed by atoms with E-state index in [1.807, 2.05) is 68.4 Å². The molecule has 132 valence electrons. The van der Waals surface area contributed by atoms with Gasteiger partial charge in [-0.1, -0.05) is 42.5 Å². The van der Waals surface area contributed by atoms with Crippen molar-refractivity contribution < 1.29 is 14.3 Å². The van der Waals surface area contributed by atoms with Crippen LogP contribution < -0.4 is 9.47 Å². The van der Waals surface area contributed by atoms with Gasteiger partial charge in [-0.2, -0.15) is 0 Å². The van der Waals surface area contributed by atoms with E-state index >= 15 is 0 Å². The average molecular weight is 339 g/mol. The minimum absolute atomic E-state index is 0.0192. The second-order valence-corrected chi connectivity index (χ2v) is 5.90. The minimum Gasteiger partial charge on any atom is -0.489 e. The highest BCUT2D eigenvalue weighted by Gasteiger charge is 2.12. The Hall–Kier alpha value is -2.75. The first-order valence-corrected chi connectivity index (χ1v) is 8.40. The lowest BCUT2D eigenvalue weighted by molar-refractivity contribution is -0.132. The van der Waals surface area contributed by atoms with E-state index in [9.17, 15) is 4.79 Å². The first-order chi connectivity index (χ1) is 12.1. The first-order valence-electron chi connectivity index (χ1n) is 8.40. The lowest BCUT2D eigenvalue weighted by atomic mass is 10.2. The van der Waals surface area contributed by atoms with Gasteiger partial charge in [-0.15, -0.1) is 0 Å². The monoisotopic (exact) mass is 339 g/mol. The summed E-state index contributed by atoms with van der Waals surface area (Å²) in [7, 11) is 0. The lowest BCUT2D eigenvalue weighted by Gasteiger charge is -2.21. The Bertz CT molecular complexity index is 680. The quantitative estimate of drug-likeness (QED) is 0.647. The largest absolute Gasteiger partial charge is 0.489 e. The van der Waals surface area contributed by atoms with Crippen molar-refractivity contribution in [1.29, 1.82) is 0 Å². The van der Waals surface area contributed by atoms with Crippen LogP contribution in [-0.4, -0.2) is 30.5 Å². The van der Waals surface area contributed by atoms with Crippen molar-refractivity contribution in [2.45, 2.75) is 20.5 Å². The third-order valence-corrected chi connectivity index (χ3v) is 3.63. The molecule has 4 nitrogen and oxygen atoms in total. The number of carbonyl (C=O) groups is 1. The van der Waals surface area contributed by atoms with Gasteiger partial charge < -0.3 is 14.4 Å². The molecule has 2 aromatic rings. The van der Waals surface area contributed by atoms with Gasteiger partial charge in [-0.05, 0) is 43.7 Å². The van der Waals surface area contributed by atoms with Crippen LogP contribution in [-0.2, 0) is 11.4 Å². The number of ether oxygens (including phenoxy) is 2. The summed E-state index contributed by atoms with van der Waals surface area (Å²) in [4.78, 5) is 13.9. The van der Waals surface area contributed by atoms with Gasteiger partial charge in [0.2, 0.25) is 0 Å². The van der Waals surface area contributed by atoms with Crippen molar-refractivity contribution in [1.82, 2.24) is 4.90 Å². The van der Waals surface area contributed by atoms with E-state index in [0.29, 0.717) is 25.4 Å². The summed E-state index contributed by atoms with van der Waals surface area (Å²) >= 11 is 0. The van der Waals surface area contributed by atoms with Gasteiger partial charge in [0.05, 0.1) is 0 Å². The zero-order valence-electron chi connectivity index (χ0n) is 14.9. The summed E-state index contributed by atoms with van der Waals surface area (Å²) in [6.45, 7) is 9.44. The fraction of sp³-hybridized carbons (Fsp3) is 0.286. The standard InChI is InChI=1S/C21H25NO3/c1-4-22(14-17(2)3)21(23)16-25-20-12-10-19(11-13-20)24-15-18-8-6-5-7-9-18/h5-13H,2,4,14-16H2,1,3H3. The molecule has 0 heterocycles. The van der Waals surface area contributed by atoms with E-state index in [4.69, 9.17) is 9.47 Å². The number of nitrogens with zero attached hydrogens (tertiary/aromatic N) is 1. The van der Waals surface area contributed by atoms with Gasteiger partial charge in [0.1, 0.15) is 18.1 Å². The average Bonchev–Trinajstić information content (AvgIpc) is 2.64. The zero-order chi connectivity index (χ0) is 18.1. The molecule has 4 heteroatoms. The van der Waals surface area contributed by atoms with E-state index in [-0.39, 0.29) is 12.5 Å². The van der Waals surface area contributed by atoms with Crippen LogP contribution in [0.3, 0.4) is 0 Å². The second kappa shape index (κ2) is 9.52. The number of rotatable bonds is 9. The summed E-state index contributed by atoms with van der Waals surface area (Å²) in [5.74, 6) is 1.36. The van der Waals surface area contributed by atoms with Crippen molar-refractivity contribution in [3.8, 4) is 11.5 Å². The molecular weight excluding hydrogens is 314 g/mol. The molecule has 0 atom stereocenters. The highest BCUT2D eigenvalue weighted by atomic mass is 16.5. The minimum atomic E-state index is -0.0464. The van der Waals surface area contributed by atoms with Gasteiger partial charge in [-0.3, -0.25) is 4.79 Å². The van der Waals surface area contributed by atoms with Gasteiger partial charge in [0.25, 0.3) is 5.91 Å². The van der Waals surface area contributed by atoms with Gasteiger partial charge in [0, 0.05) is 13.1 Å². The van der Waals surface area contributed by atoms with Crippen molar-refractivity contribution in [2.24, 2.45) is 0 Å². The van der Waals surface area contributed by atoms with E-state index < -0.39 is 0 Å². The van der Waals surface area contributed by atoms with E-state index in [1.54, 1.807) is 4.90 Å². The van der Waals surface area contributed by atoms with Crippen LogP contribution in [0.2, 0.25) is 0 Å². The molecule has 0 aromatic heterocycles. The van der Waals surface area contributed by atoms with Gasteiger partial charge in [0.15, 0.2) is 6.61 Å². The number of carbonyl (C=O) groups excluding carboxylic acids is 1. The third kappa shape index (κ3) is 6.34. The summed E-state index contributed by atoms with van der Waals surface area (Å²) in [6.07, 6.45) is 0. The number of hydrogen-bond acceptors (Lipinski definition) is 3. The number of likely N-dealkylation sites (N-methyl/N-ethyl adjacent to an activating group) is 1. The summed E-state index contributed by atoms with van der Waals surface area (Å²) in [5, 5.41) is 0. The highest BCUT2D eigenvalue weighted by molar-refractivity contribution is 5.78. The van der Waals surface area contributed by atoms with Crippen LogP contribution in [0.25, 0.3) is 0 Å². The predicted octanol–water partition coefficient (Wildman–Crippen LogP) is 4.07. The van der Waals surface area contributed by atoms with Crippen LogP contribution in [0.4, 0.5) is 0 Å². The normalized spacial score (nSPS) is 10.2. The summed E-state index contributed by atoms with van der Waals surface area (Å²) in [6, 6.07) is 17.3. The molecule has 0 spiro atoms. The molecule has 2 rings (SSSR count). The van der Waals surface area contributed by atoms with Crippen molar-refractivity contribution in [3.63, 3.8) is 0 Å². The molecule has 0 aliphatic carbocycles. The predicted molar refractivity (Wildman–Crippen MR) is 99.8 cm³/mol. The number of benzene rings is 2. The molecule has 0 saturated carbocycles. The molecule has 0 N–H and O–H groups in total. The summed E-state index contributed by atoms with van der Waals surface area (Å²) in [5.41, 5.74) is 2.07. The number of hydrogen-bond donors (Lipinski definition) is 0. The topological polar surface area (TPSA) is 38.8 Å². The maximum Gasteiger partial charge on any atom is 0.260 e. The molecule has 0 fully saturated rings. The maximum atomic E-state index is 12.1.